The van der Waals surface area contributed by atoms with E-state index in [4.69, 9.17) is 9.52 Å². The van der Waals surface area contributed by atoms with E-state index in [-0.39, 0.29) is 11.5 Å². The highest BCUT2D eigenvalue weighted by atomic mass is 32.2. The number of aromatic nitrogens is 2. The zero-order chi connectivity index (χ0) is 13.8. The summed E-state index contributed by atoms with van der Waals surface area (Å²) < 4.78 is 5.59. The molecule has 100 valence electrons. The van der Waals surface area contributed by atoms with Crippen LogP contribution in [-0.2, 0) is 0 Å². The predicted molar refractivity (Wildman–Crippen MR) is 73.5 cm³/mol. The zero-order valence-electron chi connectivity index (χ0n) is 10.7. The molecule has 19 heavy (non-hydrogen) atoms. The lowest BCUT2D eigenvalue weighted by Crippen LogP contribution is -1.96. The molecule has 1 aromatic carbocycles. The number of aromatic carboxylic acids is 1. The summed E-state index contributed by atoms with van der Waals surface area (Å²) in [7, 11) is 0. The van der Waals surface area contributed by atoms with Gasteiger partial charge in [-0.3, -0.25) is 0 Å². The van der Waals surface area contributed by atoms with Gasteiger partial charge in [0.05, 0.1) is 5.56 Å². The largest absolute Gasteiger partial charge is 0.478 e. The molecule has 2 aromatic rings. The zero-order valence-corrected chi connectivity index (χ0v) is 11.5. The van der Waals surface area contributed by atoms with E-state index in [0.29, 0.717) is 17.3 Å². The molecule has 1 N–H and O–H groups in total. The van der Waals surface area contributed by atoms with E-state index < -0.39 is 5.97 Å². The number of thioether (sulfide) groups is 1. The van der Waals surface area contributed by atoms with Crippen LogP contribution in [0.5, 0.6) is 0 Å². The normalized spacial score (nSPS) is 12.3. The van der Waals surface area contributed by atoms with E-state index in [2.05, 4.69) is 10.2 Å². The Balaban J connectivity index is 2.27. The Morgan fingerprint density at radius 2 is 2.26 bits per heavy atom. The lowest BCUT2D eigenvalue weighted by atomic mass is 10.1. The number of carboxylic acids is 1. The van der Waals surface area contributed by atoms with Crippen molar-refractivity contribution < 1.29 is 14.3 Å². The lowest BCUT2D eigenvalue weighted by Gasteiger charge is -2.02. The first kappa shape index (κ1) is 13.6. The van der Waals surface area contributed by atoms with E-state index in [0.717, 1.165) is 5.75 Å². The maximum Gasteiger partial charge on any atom is 0.335 e. The number of carboxylic acid groups (broad SMARTS) is 1. The quantitative estimate of drug-likeness (QED) is 0.906. The number of benzene rings is 1. The monoisotopic (exact) mass is 278 g/mol. The third kappa shape index (κ3) is 3.14. The maximum atomic E-state index is 10.9. The van der Waals surface area contributed by atoms with E-state index in [1.807, 2.05) is 13.2 Å². The highest BCUT2D eigenvalue weighted by Gasteiger charge is 2.15. The van der Waals surface area contributed by atoms with Crippen LogP contribution in [0.4, 0.5) is 0 Å². The van der Waals surface area contributed by atoms with Crippen LogP contribution in [-0.4, -0.2) is 33.3 Å². The van der Waals surface area contributed by atoms with Crippen molar-refractivity contribution in [3.63, 3.8) is 0 Å². The van der Waals surface area contributed by atoms with Gasteiger partial charge in [-0.1, -0.05) is 13.0 Å². The van der Waals surface area contributed by atoms with Gasteiger partial charge < -0.3 is 9.52 Å². The summed E-state index contributed by atoms with van der Waals surface area (Å²) in [6, 6.07) is 6.47. The van der Waals surface area contributed by atoms with E-state index in [1.165, 1.54) is 12.1 Å². The molecule has 2 rings (SSSR count). The Kier molecular flexibility index (Phi) is 4.21. The second-order valence-corrected chi connectivity index (χ2v) is 5.10. The Hall–Kier alpha value is -1.82. The molecule has 6 heteroatoms. The molecule has 0 radical (unpaired) electrons. The van der Waals surface area contributed by atoms with Gasteiger partial charge in [-0.25, -0.2) is 4.79 Å². The van der Waals surface area contributed by atoms with E-state index in [1.54, 1.807) is 23.9 Å². The molecule has 1 atom stereocenters. The minimum absolute atomic E-state index is 0.180. The fraction of sp³-hybridized carbons (Fsp3) is 0.308. The molecule has 1 unspecified atom stereocenters. The average molecular weight is 278 g/mol. The topological polar surface area (TPSA) is 76.2 Å². The van der Waals surface area contributed by atoms with Gasteiger partial charge >= 0.3 is 5.97 Å². The van der Waals surface area contributed by atoms with Crippen LogP contribution >= 0.6 is 11.8 Å². The number of hydrogen-bond acceptors (Lipinski definition) is 5. The van der Waals surface area contributed by atoms with E-state index in [9.17, 15) is 4.79 Å². The van der Waals surface area contributed by atoms with Crippen molar-refractivity contribution in [1.82, 2.24) is 10.2 Å². The fourth-order valence-corrected chi connectivity index (χ4v) is 2.30. The van der Waals surface area contributed by atoms with Crippen molar-refractivity contribution in [2.75, 3.05) is 12.0 Å². The lowest BCUT2D eigenvalue weighted by molar-refractivity contribution is 0.0697. The fourth-order valence-electron chi connectivity index (χ4n) is 1.66. The molecule has 0 amide bonds. The number of rotatable bonds is 5. The molecule has 0 fully saturated rings. The third-order valence-corrected chi connectivity index (χ3v) is 3.47. The number of hydrogen-bond donors (Lipinski definition) is 1. The van der Waals surface area contributed by atoms with Gasteiger partial charge in [0, 0.05) is 17.2 Å². The summed E-state index contributed by atoms with van der Waals surface area (Å²) in [5, 5.41) is 16.9. The van der Waals surface area contributed by atoms with Crippen molar-refractivity contribution >= 4 is 17.7 Å². The molecular weight excluding hydrogens is 264 g/mol. The van der Waals surface area contributed by atoms with Crippen LogP contribution in [0.3, 0.4) is 0 Å². The first-order valence-corrected chi connectivity index (χ1v) is 7.17. The van der Waals surface area contributed by atoms with Crippen molar-refractivity contribution in [2.24, 2.45) is 0 Å². The highest BCUT2D eigenvalue weighted by Crippen LogP contribution is 2.23. The van der Waals surface area contributed by atoms with Crippen molar-refractivity contribution in [3.8, 4) is 11.5 Å². The predicted octanol–water partition coefficient (Wildman–Crippen LogP) is 2.90. The molecule has 1 heterocycles. The van der Waals surface area contributed by atoms with Crippen LogP contribution in [0.2, 0.25) is 0 Å². The molecule has 1 aromatic heterocycles. The van der Waals surface area contributed by atoms with Gasteiger partial charge in [0.1, 0.15) is 0 Å². The summed E-state index contributed by atoms with van der Waals surface area (Å²) in [5.41, 5.74) is 0.824. The number of carbonyl (C=O) groups is 1. The van der Waals surface area contributed by atoms with Crippen molar-refractivity contribution in [2.45, 2.75) is 12.8 Å². The standard InChI is InChI=1S/C13H14N2O3S/c1-8(7-19-2)11-14-15-12(18-11)9-4-3-5-10(6-9)13(16)17/h3-6,8H,7H2,1-2H3,(H,16,17). The van der Waals surface area contributed by atoms with Gasteiger partial charge in [-0.2, -0.15) is 11.8 Å². The highest BCUT2D eigenvalue weighted by molar-refractivity contribution is 7.98. The van der Waals surface area contributed by atoms with Crippen LogP contribution in [0.25, 0.3) is 11.5 Å². The first-order valence-electron chi connectivity index (χ1n) is 5.78. The SMILES string of the molecule is CSCC(C)c1nnc(-c2cccc(C(=O)O)c2)o1. The Bertz CT molecular complexity index is 583. The maximum absolute atomic E-state index is 10.9. The molecule has 0 aliphatic carbocycles. The van der Waals surface area contributed by atoms with Gasteiger partial charge in [-0.05, 0) is 24.5 Å². The average Bonchev–Trinajstić information content (AvgIpc) is 2.89. The number of nitrogens with zero attached hydrogens (tertiary/aromatic N) is 2. The van der Waals surface area contributed by atoms with Gasteiger partial charge in [0.2, 0.25) is 11.8 Å². The van der Waals surface area contributed by atoms with Gasteiger partial charge in [-0.15, -0.1) is 10.2 Å². The summed E-state index contributed by atoms with van der Waals surface area (Å²) >= 11 is 1.71. The summed E-state index contributed by atoms with van der Waals surface area (Å²) in [5.74, 6) is 1.03. The summed E-state index contributed by atoms with van der Waals surface area (Å²) in [6.45, 7) is 2.02. The first-order chi connectivity index (χ1) is 9.11. The third-order valence-electron chi connectivity index (χ3n) is 2.64. The van der Waals surface area contributed by atoms with Crippen LogP contribution < -0.4 is 0 Å². The smallest absolute Gasteiger partial charge is 0.335 e. The van der Waals surface area contributed by atoms with Gasteiger partial charge in [0.15, 0.2) is 0 Å². The Morgan fingerprint density at radius 3 is 2.95 bits per heavy atom. The molecule has 0 spiro atoms. The molecule has 0 saturated heterocycles. The van der Waals surface area contributed by atoms with E-state index >= 15 is 0 Å². The molecule has 0 saturated carbocycles. The van der Waals surface area contributed by atoms with Crippen molar-refractivity contribution in [3.05, 3.63) is 35.7 Å². The molecule has 0 aliphatic rings. The minimum atomic E-state index is -0.975. The summed E-state index contributed by atoms with van der Waals surface area (Å²) in [6.07, 6.45) is 2.02. The second-order valence-electron chi connectivity index (χ2n) is 4.19. The molecule has 0 bridgehead atoms. The molecule has 0 aliphatic heterocycles. The van der Waals surface area contributed by atoms with Crippen LogP contribution in [0.1, 0.15) is 29.1 Å². The summed E-state index contributed by atoms with van der Waals surface area (Å²) in [4.78, 5) is 10.9. The Labute approximate surface area is 115 Å². The van der Waals surface area contributed by atoms with Gasteiger partial charge in [0.25, 0.3) is 0 Å². The van der Waals surface area contributed by atoms with Crippen molar-refractivity contribution in [1.29, 1.82) is 0 Å². The minimum Gasteiger partial charge on any atom is -0.478 e. The molecule has 5 nitrogen and oxygen atoms in total. The van der Waals surface area contributed by atoms with Crippen LogP contribution in [0.15, 0.2) is 28.7 Å². The van der Waals surface area contributed by atoms with Crippen LogP contribution in [0, 0.1) is 0 Å². The Morgan fingerprint density at radius 1 is 1.47 bits per heavy atom. The molecular formula is C13H14N2O3S. The second kappa shape index (κ2) is 5.88.